The molecule has 0 N–H and O–H groups in total. The highest BCUT2D eigenvalue weighted by molar-refractivity contribution is 5.78. The van der Waals surface area contributed by atoms with Crippen molar-refractivity contribution in [2.45, 2.75) is 26.7 Å². The second kappa shape index (κ2) is 3.00. The molecule has 0 bridgehead atoms. The van der Waals surface area contributed by atoms with Crippen LogP contribution in [0, 0.1) is 11.8 Å². The summed E-state index contributed by atoms with van der Waals surface area (Å²) in [4.78, 5) is 11.0. The summed E-state index contributed by atoms with van der Waals surface area (Å²) in [5.41, 5.74) is 0. The molecule has 0 amide bonds. The zero-order valence-electron chi connectivity index (χ0n) is 6.63. The van der Waals surface area contributed by atoms with Crippen LogP contribution < -0.4 is 0 Å². The Labute approximate surface area is 62.1 Å². The van der Waals surface area contributed by atoms with E-state index in [1.54, 1.807) is 6.92 Å². The van der Waals surface area contributed by atoms with Crippen LogP contribution in [-0.4, -0.2) is 5.78 Å². The molecule has 0 aromatic rings. The quantitative estimate of drug-likeness (QED) is 0.507. The van der Waals surface area contributed by atoms with Crippen LogP contribution >= 0.6 is 0 Å². The molecule has 1 aliphatic rings. The van der Waals surface area contributed by atoms with Crippen LogP contribution in [0.4, 0.5) is 0 Å². The minimum absolute atomic E-state index is 0.296. The van der Waals surface area contributed by atoms with Crippen molar-refractivity contribution in [2.75, 3.05) is 0 Å². The van der Waals surface area contributed by atoms with Crippen molar-refractivity contribution >= 4 is 5.78 Å². The molecule has 1 heteroatoms. The Kier molecular flexibility index (Phi) is 2.25. The van der Waals surface area contributed by atoms with Gasteiger partial charge in [-0.05, 0) is 25.7 Å². The summed E-state index contributed by atoms with van der Waals surface area (Å²) < 4.78 is 0. The van der Waals surface area contributed by atoms with Crippen molar-refractivity contribution in [1.29, 1.82) is 0 Å². The lowest BCUT2D eigenvalue weighted by Crippen LogP contribution is -2.20. The molecule has 0 spiro atoms. The molecule has 10 heavy (non-hydrogen) atoms. The highest BCUT2D eigenvalue weighted by Gasteiger charge is 2.21. The fraction of sp³-hybridized carbons (Fsp3) is 0.667. The molecule has 1 nitrogen and oxygen atoms in total. The van der Waals surface area contributed by atoms with Gasteiger partial charge in [-0.15, -0.1) is 0 Å². The number of carbonyl (C=O) groups excluding carboxylic acids is 1. The summed E-state index contributed by atoms with van der Waals surface area (Å²) >= 11 is 0. The molecule has 0 unspecified atom stereocenters. The van der Waals surface area contributed by atoms with Crippen molar-refractivity contribution in [2.24, 2.45) is 11.8 Å². The van der Waals surface area contributed by atoms with E-state index in [-0.39, 0.29) is 0 Å². The molecule has 56 valence electrons. The standard InChI is InChI=1S/C9H14O/c1-7-5-3-4-6-9(7)8(2)10/h3-4,7,9H,5-6H2,1-2H3/t7-,9+/m1/s1. The lowest BCUT2D eigenvalue weighted by Gasteiger charge is -2.21. The van der Waals surface area contributed by atoms with E-state index in [9.17, 15) is 4.79 Å². The van der Waals surface area contributed by atoms with E-state index >= 15 is 0 Å². The molecule has 0 radical (unpaired) electrons. The maximum Gasteiger partial charge on any atom is 0.133 e. The van der Waals surface area contributed by atoms with Crippen molar-refractivity contribution in [3.05, 3.63) is 12.2 Å². The van der Waals surface area contributed by atoms with Crippen LogP contribution in [0.3, 0.4) is 0 Å². The van der Waals surface area contributed by atoms with Gasteiger partial charge in [0.05, 0.1) is 0 Å². The Morgan fingerprint density at radius 3 is 2.40 bits per heavy atom. The summed E-state index contributed by atoms with van der Waals surface area (Å²) in [5.74, 6) is 1.20. The fourth-order valence-corrected chi connectivity index (χ4v) is 1.52. The van der Waals surface area contributed by atoms with Gasteiger partial charge in [-0.2, -0.15) is 0 Å². The third-order valence-corrected chi connectivity index (χ3v) is 2.27. The third kappa shape index (κ3) is 1.47. The van der Waals surface area contributed by atoms with Gasteiger partial charge in [-0.25, -0.2) is 0 Å². The minimum Gasteiger partial charge on any atom is -0.300 e. The summed E-state index contributed by atoms with van der Waals surface area (Å²) in [6.07, 6.45) is 6.32. The van der Waals surface area contributed by atoms with Gasteiger partial charge in [-0.1, -0.05) is 19.1 Å². The minimum atomic E-state index is 0.296. The highest BCUT2D eigenvalue weighted by Crippen LogP contribution is 2.25. The fourth-order valence-electron chi connectivity index (χ4n) is 1.52. The Hall–Kier alpha value is -0.590. The van der Waals surface area contributed by atoms with Gasteiger partial charge in [0, 0.05) is 5.92 Å². The van der Waals surface area contributed by atoms with Gasteiger partial charge >= 0.3 is 0 Å². The summed E-state index contributed by atoms with van der Waals surface area (Å²) in [6.45, 7) is 3.84. The molecule has 0 aliphatic heterocycles. The van der Waals surface area contributed by atoms with Gasteiger partial charge in [-0.3, -0.25) is 4.79 Å². The lowest BCUT2D eigenvalue weighted by atomic mass is 9.82. The predicted molar refractivity (Wildman–Crippen MR) is 41.7 cm³/mol. The van der Waals surface area contributed by atoms with Crippen LogP contribution in [-0.2, 0) is 4.79 Å². The van der Waals surface area contributed by atoms with E-state index in [2.05, 4.69) is 19.1 Å². The number of Topliss-reactive ketones (excluding diaryl/α,β-unsaturated/α-hetero) is 1. The van der Waals surface area contributed by atoms with Crippen LogP contribution in [0.1, 0.15) is 26.7 Å². The van der Waals surface area contributed by atoms with Crippen LogP contribution in [0.5, 0.6) is 0 Å². The Balaban J connectivity index is 2.59. The molecule has 1 aliphatic carbocycles. The van der Waals surface area contributed by atoms with Gasteiger partial charge in [0.1, 0.15) is 5.78 Å². The average molecular weight is 138 g/mol. The van der Waals surface area contributed by atoms with Gasteiger partial charge in [0.2, 0.25) is 0 Å². The van der Waals surface area contributed by atoms with Crippen LogP contribution in [0.15, 0.2) is 12.2 Å². The molecule has 0 heterocycles. The monoisotopic (exact) mass is 138 g/mol. The topological polar surface area (TPSA) is 17.1 Å². The van der Waals surface area contributed by atoms with Crippen molar-refractivity contribution in [3.8, 4) is 0 Å². The Morgan fingerprint density at radius 2 is 2.00 bits per heavy atom. The first-order valence-electron chi connectivity index (χ1n) is 3.87. The highest BCUT2D eigenvalue weighted by atomic mass is 16.1. The normalized spacial score (nSPS) is 32.2. The number of hydrogen-bond acceptors (Lipinski definition) is 1. The SMILES string of the molecule is CC(=O)[C@H]1CC=CC[C@H]1C. The van der Waals surface area contributed by atoms with Crippen molar-refractivity contribution < 1.29 is 4.79 Å². The third-order valence-electron chi connectivity index (χ3n) is 2.27. The maximum atomic E-state index is 11.0. The first-order chi connectivity index (χ1) is 4.72. The van der Waals surface area contributed by atoms with Crippen LogP contribution in [0.25, 0.3) is 0 Å². The van der Waals surface area contributed by atoms with E-state index < -0.39 is 0 Å². The molecule has 0 saturated carbocycles. The summed E-state index contributed by atoms with van der Waals surface area (Å²) in [6, 6.07) is 0. The van der Waals surface area contributed by atoms with E-state index in [0.717, 1.165) is 12.8 Å². The van der Waals surface area contributed by atoms with E-state index in [1.807, 2.05) is 0 Å². The van der Waals surface area contributed by atoms with Crippen molar-refractivity contribution in [1.82, 2.24) is 0 Å². The van der Waals surface area contributed by atoms with Gasteiger partial charge in [0.25, 0.3) is 0 Å². The number of rotatable bonds is 1. The molecule has 1 rings (SSSR count). The van der Waals surface area contributed by atoms with E-state index in [4.69, 9.17) is 0 Å². The molecule has 0 aromatic carbocycles. The first kappa shape index (κ1) is 7.52. The molecule has 0 saturated heterocycles. The van der Waals surface area contributed by atoms with Gasteiger partial charge < -0.3 is 0 Å². The lowest BCUT2D eigenvalue weighted by molar-refractivity contribution is -0.122. The smallest absolute Gasteiger partial charge is 0.133 e. The Bertz CT molecular complexity index is 158. The second-order valence-corrected chi connectivity index (χ2v) is 3.14. The molecule has 2 atom stereocenters. The summed E-state index contributed by atoms with van der Waals surface area (Å²) in [5, 5.41) is 0. The molecule has 0 aromatic heterocycles. The van der Waals surface area contributed by atoms with Gasteiger partial charge in [0.15, 0.2) is 0 Å². The van der Waals surface area contributed by atoms with E-state index in [1.165, 1.54) is 0 Å². The summed E-state index contributed by atoms with van der Waals surface area (Å²) in [7, 11) is 0. The maximum absolute atomic E-state index is 11.0. The largest absolute Gasteiger partial charge is 0.300 e. The molecular weight excluding hydrogens is 124 g/mol. The number of ketones is 1. The number of allylic oxidation sites excluding steroid dienone is 2. The predicted octanol–water partition coefficient (Wildman–Crippen LogP) is 2.18. The van der Waals surface area contributed by atoms with Crippen LogP contribution in [0.2, 0.25) is 0 Å². The number of hydrogen-bond donors (Lipinski definition) is 0. The second-order valence-electron chi connectivity index (χ2n) is 3.14. The first-order valence-corrected chi connectivity index (χ1v) is 3.87. The van der Waals surface area contributed by atoms with Crippen molar-refractivity contribution in [3.63, 3.8) is 0 Å². The Morgan fingerprint density at radius 1 is 1.40 bits per heavy atom. The zero-order valence-corrected chi connectivity index (χ0v) is 6.63. The molecule has 0 fully saturated rings. The average Bonchev–Trinajstić information content (AvgIpc) is 1.88. The van der Waals surface area contributed by atoms with E-state index in [0.29, 0.717) is 17.6 Å². The molecular formula is C9H14O. The number of carbonyl (C=O) groups is 1. The zero-order chi connectivity index (χ0) is 7.56.